The first-order valence-corrected chi connectivity index (χ1v) is 5.45. The maximum absolute atomic E-state index is 11.0. The Balaban J connectivity index is 2.27. The molecule has 0 aliphatic heterocycles. The van der Waals surface area contributed by atoms with Crippen LogP contribution in [0.2, 0.25) is 0 Å². The first-order valence-electron chi connectivity index (χ1n) is 4.16. The molecule has 1 fully saturated rings. The SMILES string of the molecule is CSC1CCC1NC(=O)[C@@H](C)O. The van der Waals surface area contributed by atoms with Gasteiger partial charge in [0.05, 0.1) is 0 Å². The first kappa shape index (κ1) is 9.86. The monoisotopic (exact) mass is 189 g/mol. The second-order valence-electron chi connectivity index (χ2n) is 3.14. The van der Waals surface area contributed by atoms with Crippen molar-refractivity contribution >= 4 is 17.7 Å². The molecular formula is C8H15NO2S. The molecule has 4 heteroatoms. The fourth-order valence-electron chi connectivity index (χ4n) is 1.22. The summed E-state index contributed by atoms with van der Waals surface area (Å²) in [5.41, 5.74) is 0. The maximum atomic E-state index is 11.0. The molecule has 1 aliphatic carbocycles. The minimum Gasteiger partial charge on any atom is -0.384 e. The number of nitrogens with one attached hydrogen (secondary N) is 1. The zero-order chi connectivity index (χ0) is 9.14. The van der Waals surface area contributed by atoms with Crippen LogP contribution in [-0.2, 0) is 4.79 Å². The predicted octanol–water partition coefficient (Wildman–Crippen LogP) is 0.377. The Bertz CT molecular complexity index is 170. The van der Waals surface area contributed by atoms with Crippen molar-refractivity contribution < 1.29 is 9.90 Å². The third-order valence-corrected chi connectivity index (χ3v) is 3.39. The van der Waals surface area contributed by atoms with E-state index in [-0.39, 0.29) is 11.9 Å². The zero-order valence-corrected chi connectivity index (χ0v) is 8.23. The molecule has 0 aromatic heterocycles. The lowest BCUT2D eigenvalue weighted by atomic mass is 9.92. The number of aliphatic hydroxyl groups is 1. The van der Waals surface area contributed by atoms with Crippen LogP contribution in [0.4, 0.5) is 0 Å². The van der Waals surface area contributed by atoms with Crippen LogP contribution in [0.1, 0.15) is 19.8 Å². The van der Waals surface area contributed by atoms with E-state index in [4.69, 9.17) is 5.11 Å². The molecule has 0 saturated heterocycles. The van der Waals surface area contributed by atoms with Gasteiger partial charge in [-0.25, -0.2) is 0 Å². The lowest BCUT2D eigenvalue weighted by molar-refractivity contribution is -0.129. The van der Waals surface area contributed by atoms with Crippen LogP contribution in [0, 0.1) is 0 Å². The summed E-state index contributed by atoms with van der Waals surface area (Å²) >= 11 is 1.78. The molecule has 2 N–H and O–H groups in total. The summed E-state index contributed by atoms with van der Waals surface area (Å²) in [5, 5.41) is 12.3. The second-order valence-corrected chi connectivity index (χ2v) is 4.22. The van der Waals surface area contributed by atoms with Gasteiger partial charge in [-0.05, 0) is 26.0 Å². The van der Waals surface area contributed by atoms with Gasteiger partial charge in [0, 0.05) is 11.3 Å². The van der Waals surface area contributed by atoms with E-state index < -0.39 is 6.10 Å². The second kappa shape index (κ2) is 4.14. The van der Waals surface area contributed by atoms with Crippen LogP contribution in [0.25, 0.3) is 0 Å². The Labute approximate surface area is 76.9 Å². The third-order valence-electron chi connectivity index (χ3n) is 2.22. The van der Waals surface area contributed by atoms with Gasteiger partial charge in [-0.3, -0.25) is 4.79 Å². The smallest absolute Gasteiger partial charge is 0.248 e. The lowest BCUT2D eigenvalue weighted by Gasteiger charge is -2.36. The molecule has 3 nitrogen and oxygen atoms in total. The number of rotatable bonds is 3. The van der Waals surface area contributed by atoms with Gasteiger partial charge < -0.3 is 10.4 Å². The van der Waals surface area contributed by atoms with E-state index in [1.54, 1.807) is 11.8 Å². The zero-order valence-electron chi connectivity index (χ0n) is 7.41. The Morgan fingerprint density at radius 3 is 2.67 bits per heavy atom. The van der Waals surface area contributed by atoms with Gasteiger partial charge in [-0.2, -0.15) is 11.8 Å². The summed E-state index contributed by atoms with van der Waals surface area (Å²) < 4.78 is 0. The molecule has 0 heterocycles. The van der Waals surface area contributed by atoms with Gasteiger partial charge in [0.2, 0.25) is 5.91 Å². The van der Waals surface area contributed by atoms with Crippen molar-refractivity contribution in [3.05, 3.63) is 0 Å². The molecule has 1 amide bonds. The van der Waals surface area contributed by atoms with Crippen molar-refractivity contribution in [3.63, 3.8) is 0 Å². The van der Waals surface area contributed by atoms with Crippen LogP contribution in [-0.4, -0.2) is 34.7 Å². The van der Waals surface area contributed by atoms with Crippen molar-refractivity contribution in [3.8, 4) is 0 Å². The normalized spacial score (nSPS) is 30.6. The fraction of sp³-hybridized carbons (Fsp3) is 0.875. The van der Waals surface area contributed by atoms with E-state index in [1.807, 2.05) is 6.26 Å². The van der Waals surface area contributed by atoms with Crippen molar-refractivity contribution in [1.29, 1.82) is 0 Å². The van der Waals surface area contributed by atoms with Gasteiger partial charge >= 0.3 is 0 Å². The quantitative estimate of drug-likeness (QED) is 0.674. The number of thioether (sulfide) groups is 1. The highest BCUT2D eigenvalue weighted by Gasteiger charge is 2.31. The van der Waals surface area contributed by atoms with Crippen molar-refractivity contribution in [2.75, 3.05) is 6.26 Å². The molecule has 0 aromatic carbocycles. The largest absolute Gasteiger partial charge is 0.384 e. The molecule has 0 bridgehead atoms. The number of carbonyl (C=O) groups is 1. The summed E-state index contributed by atoms with van der Waals surface area (Å²) in [6.07, 6.45) is 3.38. The minimum atomic E-state index is -0.881. The third kappa shape index (κ3) is 2.14. The molecular weight excluding hydrogens is 174 g/mol. The van der Waals surface area contributed by atoms with E-state index >= 15 is 0 Å². The number of hydrogen-bond donors (Lipinski definition) is 2. The molecule has 1 rings (SSSR count). The topological polar surface area (TPSA) is 49.3 Å². The summed E-state index contributed by atoms with van der Waals surface area (Å²) in [4.78, 5) is 11.0. The summed E-state index contributed by atoms with van der Waals surface area (Å²) in [5.74, 6) is -0.251. The Hall–Kier alpha value is -0.220. The first-order chi connectivity index (χ1) is 5.65. The summed E-state index contributed by atoms with van der Waals surface area (Å²) in [6, 6.07) is 0.280. The molecule has 70 valence electrons. The number of carbonyl (C=O) groups excluding carboxylic acids is 1. The number of amides is 1. The molecule has 3 atom stereocenters. The van der Waals surface area contributed by atoms with Gasteiger partial charge in [0.15, 0.2) is 0 Å². The van der Waals surface area contributed by atoms with Crippen molar-refractivity contribution in [2.45, 2.75) is 37.2 Å². The number of aliphatic hydroxyl groups excluding tert-OH is 1. The van der Waals surface area contributed by atoms with E-state index in [1.165, 1.54) is 13.3 Å². The average molecular weight is 189 g/mol. The van der Waals surface area contributed by atoms with E-state index in [2.05, 4.69) is 5.32 Å². The Morgan fingerprint density at radius 2 is 2.33 bits per heavy atom. The van der Waals surface area contributed by atoms with Crippen LogP contribution in [0.15, 0.2) is 0 Å². The molecule has 12 heavy (non-hydrogen) atoms. The van der Waals surface area contributed by atoms with Crippen LogP contribution >= 0.6 is 11.8 Å². The molecule has 1 saturated carbocycles. The van der Waals surface area contributed by atoms with Crippen LogP contribution < -0.4 is 5.32 Å². The van der Waals surface area contributed by atoms with Gasteiger partial charge in [-0.15, -0.1) is 0 Å². The predicted molar refractivity (Wildman–Crippen MR) is 50.1 cm³/mol. The minimum absolute atomic E-state index is 0.251. The molecule has 0 radical (unpaired) electrons. The highest BCUT2D eigenvalue weighted by atomic mass is 32.2. The van der Waals surface area contributed by atoms with Crippen molar-refractivity contribution in [2.24, 2.45) is 0 Å². The lowest BCUT2D eigenvalue weighted by Crippen LogP contribution is -2.51. The summed E-state index contributed by atoms with van der Waals surface area (Å²) in [6.45, 7) is 1.49. The maximum Gasteiger partial charge on any atom is 0.248 e. The van der Waals surface area contributed by atoms with Crippen LogP contribution in [0.5, 0.6) is 0 Å². The fourth-order valence-corrected chi connectivity index (χ4v) is 2.12. The van der Waals surface area contributed by atoms with E-state index in [9.17, 15) is 4.79 Å². The molecule has 1 aliphatic rings. The summed E-state index contributed by atoms with van der Waals surface area (Å²) in [7, 11) is 0. The van der Waals surface area contributed by atoms with Gasteiger partial charge in [0.1, 0.15) is 6.10 Å². The van der Waals surface area contributed by atoms with Crippen LogP contribution in [0.3, 0.4) is 0 Å². The Morgan fingerprint density at radius 1 is 1.67 bits per heavy atom. The van der Waals surface area contributed by atoms with E-state index in [0.717, 1.165) is 6.42 Å². The van der Waals surface area contributed by atoms with Gasteiger partial charge in [-0.1, -0.05) is 0 Å². The molecule has 0 spiro atoms. The van der Waals surface area contributed by atoms with Crippen molar-refractivity contribution in [1.82, 2.24) is 5.32 Å². The molecule has 2 unspecified atom stereocenters. The average Bonchev–Trinajstić information content (AvgIpc) is 1.98. The molecule has 0 aromatic rings. The highest BCUT2D eigenvalue weighted by molar-refractivity contribution is 7.99. The number of hydrogen-bond acceptors (Lipinski definition) is 3. The highest BCUT2D eigenvalue weighted by Crippen LogP contribution is 2.29. The standard InChI is InChI=1S/C8H15NO2S/c1-5(10)8(11)9-6-3-4-7(6)12-2/h5-7,10H,3-4H2,1-2H3,(H,9,11)/t5-,6?,7?/m1/s1. The Kier molecular flexibility index (Phi) is 3.40. The van der Waals surface area contributed by atoms with E-state index in [0.29, 0.717) is 5.25 Å². The van der Waals surface area contributed by atoms with Gasteiger partial charge in [0.25, 0.3) is 0 Å².